The highest BCUT2D eigenvalue weighted by Crippen LogP contribution is 2.19. The molecule has 3 heteroatoms. The molecule has 0 radical (unpaired) electrons. The lowest BCUT2D eigenvalue weighted by molar-refractivity contribution is 0.155. The third kappa shape index (κ3) is 3.61. The lowest BCUT2D eigenvalue weighted by Crippen LogP contribution is -2.08. The van der Waals surface area contributed by atoms with Gasteiger partial charge in [0.1, 0.15) is 5.75 Å². The van der Waals surface area contributed by atoms with E-state index >= 15 is 0 Å². The van der Waals surface area contributed by atoms with Crippen LogP contribution in [0.5, 0.6) is 5.75 Å². The largest absolute Gasteiger partial charge is 0.493 e. The molecule has 0 fully saturated rings. The summed E-state index contributed by atoms with van der Waals surface area (Å²) in [4.78, 5) is 0. The topological polar surface area (TPSA) is 53.2 Å². The van der Waals surface area contributed by atoms with Gasteiger partial charge in [0.15, 0.2) is 0 Å². The van der Waals surface area contributed by atoms with Crippen LogP contribution in [0.25, 0.3) is 0 Å². The zero-order valence-corrected chi connectivity index (χ0v) is 9.03. The lowest BCUT2D eigenvalue weighted by Gasteiger charge is -2.10. The average Bonchev–Trinajstić information content (AvgIpc) is 2.20. The monoisotopic (exact) mass is 205 g/mol. The summed E-state index contributed by atoms with van der Waals surface area (Å²) in [5.41, 5.74) is 1.59. The van der Waals surface area contributed by atoms with E-state index in [9.17, 15) is 0 Å². The van der Waals surface area contributed by atoms with Crippen molar-refractivity contribution >= 4 is 0 Å². The van der Waals surface area contributed by atoms with Crippen LogP contribution in [0.3, 0.4) is 0 Å². The fourth-order valence-electron chi connectivity index (χ4n) is 1.16. The van der Waals surface area contributed by atoms with Crippen LogP contribution in [0.4, 0.5) is 0 Å². The zero-order chi connectivity index (χ0) is 11.3. The van der Waals surface area contributed by atoms with Crippen molar-refractivity contribution in [3.05, 3.63) is 29.3 Å². The molecule has 1 aromatic carbocycles. The predicted octanol–water partition coefficient (Wildman–Crippen LogP) is 2.02. The minimum absolute atomic E-state index is 0.357. The van der Waals surface area contributed by atoms with E-state index in [1.807, 2.05) is 13.0 Å². The first-order valence-corrected chi connectivity index (χ1v) is 4.95. The summed E-state index contributed by atoms with van der Waals surface area (Å²) in [7, 11) is 0. The van der Waals surface area contributed by atoms with E-state index in [1.54, 1.807) is 19.1 Å². The Morgan fingerprint density at radius 1 is 1.53 bits per heavy atom. The second-order valence-corrected chi connectivity index (χ2v) is 3.58. The Balaban J connectivity index is 2.64. The molecule has 0 aromatic heterocycles. The molecule has 0 bridgehead atoms. The van der Waals surface area contributed by atoms with Gasteiger partial charge in [0.05, 0.1) is 24.3 Å². The van der Waals surface area contributed by atoms with E-state index in [0.717, 1.165) is 11.3 Å². The summed E-state index contributed by atoms with van der Waals surface area (Å²) in [5, 5.41) is 17.8. The van der Waals surface area contributed by atoms with Crippen LogP contribution in [-0.2, 0) is 0 Å². The highest BCUT2D eigenvalue weighted by Gasteiger charge is 2.02. The Morgan fingerprint density at radius 2 is 2.27 bits per heavy atom. The van der Waals surface area contributed by atoms with Gasteiger partial charge >= 0.3 is 0 Å². The van der Waals surface area contributed by atoms with Crippen molar-refractivity contribution in [1.82, 2.24) is 0 Å². The van der Waals surface area contributed by atoms with Crippen LogP contribution in [0.2, 0.25) is 0 Å². The number of aryl methyl sites for hydroxylation is 1. The third-order valence-electron chi connectivity index (χ3n) is 2.11. The molecule has 0 aliphatic rings. The minimum Gasteiger partial charge on any atom is -0.493 e. The van der Waals surface area contributed by atoms with E-state index < -0.39 is 0 Å². The zero-order valence-electron chi connectivity index (χ0n) is 9.03. The van der Waals surface area contributed by atoms with Crippen molar-refractivity contribution in [2.24, 2.45) is 0 Å². The molecule has 0 aliphatic heterocycles. The van der Waals surface area contributed by atoms with E-state index in [2.05, 4.69) is 6.07 Å². The van der Waals surface area contributed by atoms with E-state index in [0.29, 0.717) is 18.6 Å². The number of rotatable bonds is 4. The van der Waals surface area contributed by atoms with Gasteiger partial charge in [0.25, 0.3) is 0 Å². The number of hydrogen-bond acceptors (Lipinski definition) is 3. The maximum Gasteiger partial charge on any atom is 0.123 e. The molecule has 15 heavy (non-hydrogen) atoms. The molecule has 0 saturated carbocycles. The summed E-state index contributed by atoms with van der Waals surface area (Å²) < 4.78 is 5.48. The maximum absolute atomic E-state index is 9.07. The molecule has 3 nitrogen and oxygen atoms in total. The minimum atomic E-state index is -0.357. The molecule has 1 atom stereocenters. The van der Waals surface area contributed by atoms with E-state index in [-0.39, 0.29) is 6.10 Å². The quantitative estimate of drug-likeness (QED) is 0.818. The molecule has 80 valence electrons. The highest BCUT2D eigenvalue weighted by molar-refractivity contribution is 5.41. The van der Waals surface area contributed by atoms with Crippen LogP contribution in [0.1, 0.15) is 24.5 Å². The smallest absolute Gasteiger partial charge is 0.123 e. The summed E-state index contributed by atoms with van der Waals surface area (Å²) in [6.45, 7) is 4.12. The second-order valence-electron chi connectivity index (χ2n) is 3.58. The molecule has 1 rings (SSSR count). The Labute approximate surface area is 89.9 Å². The summed E-state index contributed by atoms with van der Waals surface area (Å²) in [6.07, 6.45) is 0.236. The Morgan fingerprint density at radius 3 is 2.87 bits per heavy atom. The van der Waals surface area contributed by atoms with Crippen LogP contribution in [0, 0.1) is 18.3 Å². The number of aliphatic hydroxyl groups is 1. The van der Waals surface area contributed by atoms with Crippen molar-refractivity contribution in [2.45, 2.75) is 26.4 Å². The number of aliphatic hydroxyl groups excluding tert-OH is 1. The van der Waals surface area contributed by atoms with E-state index in [1.165, 1.54) is 0 Å². The molecular weight excluding hydrogens is 190 g/mol. The molecular formula is C12H15NO2. The first-order valence-electron chi connectivity index (χ1n) is 4.95. The first kappa shape index (κ1) is 11.5. The number of ether oxygens (including phenoxy) is 1. The Kier molecular flexibility index (Phi) is 4.14. The number of nitrogens with zero attached hydrogens (tertiary/aromatic N) is 1. The first-order chi connectivity index (χ1) is 7.13. The molecule has 1 aromatic rings. The van der Waals surface area contributed by atoms with Crippen molar-refractivity contribution in [3.8, 4) is 11.8 Å². The summed E-state index contributed by atoms with van der Waals surface area (Å²) in [5.74, 6) is 0.717. The normalized spacial score (nSPS) is 11.9. The second kappa shape index (κ2) is 5.38. The highest BCUT2D eigenvalue weighted by atomic mass is 16.5. The number of nitriles is 1. The molecule has 1 unspecified atom stereocenters. The SMILES string of the molecule is Cc1ccc(C#N)cc1OCCC(C)O. The standard InChI is InChI=1S/C12H15NO2/c1-9-3-4-11(8-13)7-12(9)15-6-5-10(2)14/h3-4,7,10,14H,5-6H2,1-2H3. The van der Waals surface area contributed by atoms with Crippen molar-refractivity contribution in [3.63, 3.8) is 0 Å². The van der Waals surface area contributed by atoms with Crippen LogP contribution < -0.4 is 4.74 Å². The van der Waals surface area contributed by atoms with Gasteiger partial charge in [0.2, 0.25) is 0 Å². The van der Waals surface area contributed by atoms with Gasteiger partial charge in [-0.1, -0.05) is 6.07 Å². The van der Waals surface area contributed by atoms with E-state index in [4.69, 9.17) is 15.1 Å². The maximum atomic E-state index is 9.07. The van der Waals surface area contributed by atoms with Crippen molar-refractivity contribution < 1.29 is 9.84 Å². The molecule has 0 saturated heterocycles. The molecule has 0 aliphatic carbocycles. The predicted molar refractivity (Wildman–Crippen MR) is 57.7 cm³/mol. The Hall–Kier alpha value is -1.53. The molecule has 0 spiro atoms. The number of hydrogen-bond donors (Lipinski definition) is 1. The average molecular weight is 205 g/mol. The van der Waals surface area contributed by atoms with Gasteiger partial charge in [-0.05, 0) is 31.5 Å². The summed E-state index contributed by atoms with van der Waals surface area (Å²) in [6, 6.07) is 7.40. The van der Waals surface area contributed by atoms with Crippen LogP contribution >= 0.6 is 0 Å². The fourth-order valence-corrected chi connectivity index (χ4v) is 1.16. The Bertz CT molecular complexity index is 366. The number of benzene rings is 1. The van der Waals surface area contributed by atoms with Gasteiger partial charge in [0, 0.05) is 6.42 Å². The van der Waals surface area contributed by atoms with Gasteiger partial charge in [-0.2, -0.15) is 5.26 Å². The van der Waals surface area contributed by atoms with Crippen LogP contribution in [0.15, 0.2) is 18.2 Å². The van der Waals surface area contributed by atoms with Gasteiger partial charge in [-0.25, -0.2) is 0 Å². The molecule has 0 heterocycles. The van der Waals surface area contributed by atoms with Crippen LogP contribution in [-0.4, -0.2) is 17.8 Å². The molecule has 0 amide bonds. The summed E-state index contributed by atoms with van der Waals surface area (Å²) >= 11 is 0. The third-order valence-corrected chi connectivity index (χ3v) is 2.11. The van der Waals surface area contributed by atoms with Crippen molar-refractivity contribution in [1.29, 1.82) is 5.26 Å². The van der Waals surface area contributed by atoms with Gasteiger partial charge in [-0.15, -0.1) is 0 Å². The lowest BCUT2D eigenvalue weighted by atomic mass is 10.1. The fraction of sp³-hybridized carbons (Fsp3) is 0.417. The van der Waals surface area contributed by atoms with Gasteiger partial charge < -0.3 is 9.84 Å². The van der Waals surface area contributed by atoms with Crippen molar-refractivity contribution in [2.75, 3.05) is 6.61 Å². The molecule has 1 N–H and O–H groups in total. The van der Waals surface area contributed by atoms with Gasteiger partial charge in [-0.3, -0.25) is 0 Å².